The van der Waals surface area contributed by atoms with Crippen LogP contribution in [0, 0.1) is 11.7 Å². The van der Waals surface area contributed by atoms with E-state index in [1.165, 1.54) is 32.8 Å². The third kappa shape index (κ3) is 3.95. The van der Waals surface area contributed by atoms with Crippen molar-refractivity contribution in [3.05, 3.63) is 29.6 Å². The summed E-state index contributed by atoms with van der Waals surface area (Å²) < 4.78 is 18.8. The van der Waals surface area contributed by atoms with Crippen molar-refractivity contribution in [3.8, 4) is 5.75 Å². The first-order chi connectivity index (χ1) is 10.3. The Bertz CT molecular complexity index is 470. The predicted molar refractivity (Wildman–Crippen MR) is 82.0 cm³/mol. The molecule has 2 aliphatic rings. The van der Waals surface area contributed by atoms with E-state index in [4.69, 9.17) is 4.74 Å². The second-order valence-corrected chi connectivity index (χ2v) is 6.34. The fourth-order valence-corrected chi connectivity index (χ4v) is 3.24. The molecule has 116 valence electrons. The molecule has 1 N–H and O–H groups in total. The summed E-state index contributed by atoms with van der Waals surface area (Å²) in [7, 11) is 1.50. The molecule has 1 saturated heterocycles. The number of ether oxygens (including phenoxy) is 1. The van der Waals surface area contributed by atoms with Crippen LogP contribution < -0.4 is 10.1 Å². The fraction of sp³-hybridized carbons (Fsp3) is 0.647. The van der Waals surface area contributed by atoms with Crippen LogP contribution in [0.2, 0.25) is 0 Å². The summed E-state index contributed by atoms with van der Waals surface area (Å²) in [6, 6.07) is 6.04. The minimum absolute atomic E-state index is 0.259. The first-order valence-corrected chi connectivity index (χ1v) is 8.03. The largest absolute Gasteiger partial charge is 0.494 e. The lowest BCUT2D eigenvalue weighted by Crippen LogP contribution is -2.39. The summed E-state index contributed by atoms with van der Waals surface area (Å²) in [5.41, 5.74) is 1.05. The van der Waals surface area contributed by atoms with Gasteiger partial charge in [-0.2, -0.15) is 0 Å². The third-order valence-corrected chi connectivity index (χ3v) is 4.56. The van der Waals surface area contributed by atoms with Crippen LogP contribution in [0.3, 0.4) is 0 Å². The van der Waals surface area contributed by atoms with Gasteiger partial charge in [0.25, 0.3) is 0 Å². The number of methoxy groups -OCH3 is 1. The molecule has 1 heterocycles. The van der Waals surface area contributed by atoms with Gasteiger partial charge in [-0.05, 0) is 62.4 Å². The number of hydrogen-bond acceptors (Lipinski definition) is 3. The SMILES string of the molecule is COc1ccc(CN(CC2CCCNC2)C2CC2)cc1F. The Morgan fingerprint density at radius 3 is 2.81 bits per heavy atom. The van der Waals surface area contributed by atoms with Crippen LogP contribution in [0.1, 0.15) is 31.2 Å². The molecule has 0 radical (unpaired) electrons. The molecule has 0 amide bonds. The normalized spacial score (nSPS) is 22.5. The maximum atomic E-state index is 13.8. The summed E-state index contributed by atoms with van der Waals surface area (Å²) in [6.07, 6.45) is 5.17. The molecule has 3 nitrogen and oxygen atoms in total. The number of nitrogens with one attached hydrogen (secondary N) is 1. The van der Waals surface area contributed by atoms with Crippen LogP contribution in [0.15, 0.2) is 18.2 Å². The average Bonchev–Trinajstić information content (AvgIpc) is 3.32. The standard InChI is InChI=1S/C17H25FN2O/c1-21-17-7-4-13(9-16(17)18)11-20(15-5-6-15)12-14-3-2-8-19-10-14/h4,7,9,14-15,19H,2-3,5-6,8,10-12H2,1H3. The summed E-state index contributed by atoms with van der Waals surface area (Å²) in [4.78, 5) is 2.54. The Morgan fingerprint density at radius 1 is 1.33 bits per heavy atom. The lowest BCUT2D eigenvalue weighted by Gasteiger charge is -2.30. The van der Waals surface area contributed by atoms with Gasteiger partial charge in [-0.1, -0.05) is 6.07 Å². The van der Waals surface area contributed by atoms with Crippen LogP contribution >= 0.6 is 0 Å². The van der Waals surface area contributed by atoms with Crippen LogP contribution in [0.4, 0.5) is 4.39 Å². The zero-order valence-corrected chi connectivity index (χ0v) is 12.8. The van der Waals surface area contributed by atoms with Crippen molar-refractivity contribution in [2.45, 2.75) is 38.3 Å². The molecule has 0 spiro atoms. The van der Waals surface area contributed by atoms with Gasteiger partial charge in [0, 0.05) is 19.1 Å². The van der Waals surface area contributed by atoms with E-state index < -0.39 is 0 Å². The van der Waals surface area contributed by atoms with E-state index in [9.17, 15) is 4.39 Å². The van der Waals surface area contributed by atoms with Crippen LogP contribution in [0.25, 0.3) is 0 Å². The van der Waals surface area contributed by atoms with Gasteiger partial charge in [-0.3, -0.25) is 4.90 Å². The Kier molecular flexibility index (Phi) is 4.76. The lowest BCUT2D eigenvalue weighted by molar-refractivity contribution is 0.192. The van der Waals surface area contributed by atoms with Gasteiger partial charge in [0.05, 0.1) is 7.11 Å². The molecular weight excluding hydrogens is 267 g/mol. The van der Waals surface area contributed by atoms with E-state index in [0.29, 0.717) is 11.8 Å². The molecule has 1 aromatic rings. The lowest BCUT2D eigenvalue weighted by atomic mass is 9.98. The predicted octanol–water partition coefficient (Wildman–Crippen LogP) is 2.80. The smallest absolute Gasteiger partial charge is 0.165 e. The number of halogens is 1. The number of piperidine rings is 1. The van der Waals surface area contributed by atoms with Crippen molar-refractivity contribution in [2.75, 3.05) is 26.7 Å². The van der Waals surface area contributed by atoms with Crippen LogP contribution in [-0.4, -0.2) is 37.7 Å². The molecule has 1 unspecified atom stereocenters. The van der Waals surface area contributed by atoms with Gasteiger partial charge in [0.2, 0.25) is 0 Å². The van der Waals surface area contributed by atoms with E-state index >= 15 is 0 Å². The zero-order chi connectivity index (χ0) is 14.7. The Morgan fingerprint density at radius 2 is 2.19 bits per heavy atom. The van der Waals surface area contributed by atoms with Gasteiger partial charge in [-0.15, -0.1) is 0 Å². The van der Waals surface area contributed by atoms with E-state index in [1.54, 1.807) is 12.1 Å². The van der Waals surface area contributed by atoms with Crippen molar-refractivity contribution >= 4 is 0 Å². The monoisotopic (exact) mass is 292 g/mol. The summed E-state index contributed by atoms with van der Waals surface area (Å²) in [5.74, 6) is 0.806. The summed E-state index contributed by atoms with van der Waals surface area (Å²) in [5, 5.41) is 3.48. The molecule has 1 atom stereocenters. The molecule has 1 aliphatic carbocycles. The zero-order valence-electron chi connectivity index (χ0n) is 12.8. The number of benzene rings is 1. The average molecular weight is 292 g/mol. The summed E-state index contributed by atoms with van der Waals surface area (Å²) >= 11 is 0. The molecule has 2 fully saturated rings. The molecular formula is C17H25FN2O. The molecule has 21 heavy (non-hydrogen) atoms. The van der Waals surface area contributed by atoms with Crippen LogP contribution in [0.5, 0.6) is 5.75 Å². The second kappa shape index (κ2) is 6.75. The summed E-state index contributed by atoms with van der Waals surface area (Å²) in [6.45, 7) is 4.26. The first kappa shape index (κ1) is 14.8. The van der Waals surface area contributed by atoms with Gasteiger partial charge in [-0.25, -0.2) is 4.39 Å². The van der Waals surface area contributed by atoms with Crippen molar-refractivity contribution in [3.63, 3.8) is 0 Å². The van der Waals surface area contributed by atoms with Crippen molar-refractivity contribution in [2.24, 2.45) is 5.92 Å². The van der Waals surface area contributed by atoms with Crippen LogP contribution in [-0.2, 0) is 6.54 Å². The number of nitrogens with zero attached hydrogens (tertiary/aromatic N) is 1. The van der Waals surface area contributed by atoms with Gasteiger partial charge < -0.3 is 10.1 Å². The molecule has 1 aliphatic heterocycles. The highest BCUT2D eigenvalue weighted by Gasteiger charge is 2.31. The van der Waals surface area contributed by atoms with E-state index in [1.807, 2.05) is 6.07 Å². The fourth-order valence-electron chi connectivity index (χ4n) is 3.24. The third-order valence-electron chi connectivity index (χ3n) is 4.56. The second-order valence-electron chi connectivity index (χ2n) is 6.34. The van der Waals surface area contributed by atoms with Crippen molar-refractivity contribution < 1.29 is 9.13 Å². The molecule has 0 aromatic heterocycles. The highest BCUT2D eigenvalue weighted by atomic mass is 19.1. The van der Waals surface area contributed by atoms with Gasteiger partial charge in [0.15, 0.2) is 11.6 Å². The topological polar surface area (TPSA) is 24.5 Å². The number of hydrogen-bond donors (Lipinski definition) is 1. The molecule has 1 saturated carbocycles. The Balaban J connectivity index is 1.63. The van der Waals surface area contributed by atoms with E-state index in [-0.39, 0.29) is 5.82 Å². The maximum Gasteiger partial charge on any atom is 0.165 e. The van der Waals surface area contributed by atoms with E-state index in [0.717, 1.165) is 37.7 Å². The molecule has 1 aromatic carbocycles. The minimum atomic E-state index is -0.259. The Hall–Kier alpha value is -1.13. The Labute approximate surface area is 126 Å². The first-order valence-electron chi connectivity index (χ1n) is 8.03. The van der Waals surface area contributed by atoms with Crippen molar-refractivity contribution in [1.82, 2.24) is 10.2 Å². The van der Waals surface area contributed by atoms with Gasteiger partial charge in [0.1, 0.15) is 0 Å². The highest BCUT2D eigenvalue weighted by Crippen LogP contribution is 2.30. The quantitative estimate of drug-likeness (QED) is 0.872. The minimum Gasteiger partial charge on any atom is -0.494 e. The number of rotatable bonds is 6. The highest BCUT2D eigenvalue weighted by molar-refractivity contribution is 5.29. The van der Waals surface area contributed by atoms with Crippen molar-refractivity contribution in [1.29, 1.82) is 0 Å². The molecule has 3 rings (SSSR count). The molecule has 4 heteroatoms. The molecule has 0 bridgehead atoms. The maximum absolute atomic E-state index is 13.8. The van der Waals surface area contributed by atoms with E-state index in [2.05, 4.69) is 10.2 Å². The van der Waals surface area contributed by atoms with Gasteiger partial charge >= 0.3 is 0 Å².